The van der Waals surface area contributed by atoms with Crippen molar-refractivity contribution in [2.75, 3.05) is 6.54 Å². The Bertz CT molecular complexity index is 267. The van der Waals surface area contributed by atoms with Crippen LogP contribution in [0, 0.1) is 5.41 Å². The Morgan fingerprint density at radius 1 is 1.25 bits per heavy atom. The van der Waals surface area contributed by atoms with Crippen LogP contribution in [0.3, 0.4) is 0 Å². The topological polar surface area (TPSA) is 18.8 Å². The maximum atomic E-state index is 5.94. The Kier molecular flexibility index (Phi) is 4.25. The molecule has 0 N–H and O–H groups in total. The largest absolute Gasteiger partial charge is 0.294 e. The highest BCUT2D eigenvalue weighted by atomic mass is 35.6. The first-order valence-corrected chi connectivity index (χ1v) is 6.47. The fraction of sp³-hybridized carbons (Fsp3) is 0.900. The lowest BCUT2D eigenvalue weighted by atomic mass is 9.91. The quantitative estimate of drug-likeness (QED) is 0.570. The lowest BCUT2D eigenvalue weighted by Crippen LogP contribution is -2.52. The number of hydrazone groups is 1. The van der Waals surface area contributed by atoms with Crippen molar-refractivity contribution in [2.45, 2.75) is 44.2 Å². The minimum atomic E-state index is -1.45. The van der Waals surface area contributed by atoms with E-state index in [1.54, 1.807) is 11.2 Å². The lowest BCUT2D eigenvalue weighted by Gasteiger charge is -2.42. The van der Waals surface area contributed by atoms with E-state index in [0.717, 1.165) is 13.0 Å². The summed E-state index contributed by atoms with van der Waals surface area (Å²) in [6, 6.07) is 0. The zero-order valence-corrected chi connectivity index (χ0v) is 12.3. The van der Waals surface area contributed by atoms with Gasteiger partial charge in [0.25, 0.3) is 3.92 Å². The van der Waals surface area contributed by atoms with Crippen LogP contribution in [0.1, 0.15) is 34.1 Å². The zero-order chi connectivity index (χ0) is 12.6. The fourth-order valence-electron chi connectivity index (χ4n) is 1.87. The first-order chi connectivity index (χ1) is 7.18. The summed E-state index contributed by atoms with van der Waals surface area (Å²) >= 11 is 17.8. The zero-order valence-electron chi connectivity index (χ0n) is 10.0. The molecule has 1 rings (SSSR count). The maximum Gasteiger partial charge on any atom is 0.270 e. The average molecular weight is 287 g/mol. The molecule has 0 aromatic rings. The van der Waals surface area contributed by atoms with Crippen LogP contribution >= 0.6 is 34.8 Å². The number of nitrogens with zero attached hydrogens (tertiary/aromatic N) is 3. The van der Waals surface area contributed by atoms with E-state index < -0.39 is 3.92 Å². The van der Waals surface area contributed by atoms with Gasteiger partial charge in [-0.2, -0.15) is 5.10 Å². The number of hydrogen-bond donors (Lipinski definition) is 0. The third-order valence-electron chi connectivity index (χ3n) is 2.39. The van der Waals surface area contributed by atoms with Crippen LogP contribution < -0.4 is 0 Å². The molecule has 1 heterocycles. The lowest BCUT2D eigenvalue weighted by molar-refractivity contribution is 0.0351. The second-order valence-corrected chi connectivity index (χ2v) is 7.23. The van der Waals surface area contributed by atoms with E-state index in [1.807, 2.05) is 5.01 Å². The average Bonchev–Trinajstić information content (AvgIpc) is 2.46. The van der Waals surface area contributed by atoms with Crippen molar-refractivity contribution in [1.82, 2.24) is 9.91 Å². The first kappa shape index (κ1) is 14.2. The highest BCUT2D eigenvalue weighted by Gasteiger charge is 2.45. The monoisotopic (exact) mass is 285 g/mol. The van der Waals surface area contributed by atoms with Crippen LogP contribution in [0.25, 0.3) is 0 Å². The van der Waals surface area contributed by atoms with E-state index in [0.29, 0.717) is 0 Å². The smallest absolute Gasteiger partial charge is 0.270 e. The van der Waals surface area contributed by atoms with Gasteiger partial charge in [0.1, 0.15) is 12.5 Å². The van der Waals surface area contributed by atoms with Gasteiger partial charge in [0.15, 0.2) is 0 Å². The van der Waals surface area contributed by atoms with Crippen LogP contribution in [0.2, 0.25) is 0 Å². The molecule has 0 radical (unpaired) electrons. The molecule has 1 aliphatic rings. The van der Waals surface area contributed by atoms with Gasteiger partial charge in [-0.25, -0.2) is 0 Å². The van der Waals surface area contributed by atoms with E-state index >= 15 is 0 Å². The van der Waals surface area contributed by atoms with Crippen molar-refractivity contribution < 1.29 is 0 Å². The molecule has 0 aromatic carbocycles. The summed E-state index contributed by atoms with van der Waals surface area (Å²) in [5, 5.41) is 6.28. The molecular weight excluding hydrogens is 268 g/mol. The Morgan fingerprint density at radius 3 is 2.19 bits per heavy atom. The third kappa shape index (κ3) is 3.08. The Labute approximate surface area is 112 Å². The van der Waals surface area contributed by atoms with Gasteiger partial charge in [0.2, 0.25) is 0 Å². The van der Waals surface area contributed by atoms with Crippen molar-refractivity contribution >= 4 is 41.1 Å². The van der Waals surface area contributed by atoms with Crippen molar-refractivity contribution in [3.63, 3.8) is 0 Å². The summed E-state index contributed by atoms with van der Waals surface area (Å²) in [5.41, 5.74) is -0.0460. The van der Waals surface area contributed by atoms with Crippen LogP contribution in [0.4, 0.5) is 0 Å². The third-order valence-corrected chi connectivity index (χ3v) is 2.98. The molecule has 1 atom stereocenters. The summed E-state index contributed by atoms with van der Waals surface area (Å²) in [6.07, 6.45) is 2.59. The molecule has 0 aliphatic carbocycles. The predicted molar refractivity (Wildman–Crippen MR) is 70.9 cm³/mol. The molecule has 0 saturated carbocycles. The number of alkyl halides is 3. The van der Waals surface area contributed by atoms with Gasteiger partial charge in [-0.1, -0.05) is 62.5 Å². The molecule has 94 valence electrons. The Hall–Kier alpha value is 0.140. The molecule has 0 saturated heterocycles. The van der Waals surface area contributed by atoms with Crippen LogP contribution in [-0.2, 0) is 0 Å². The molecule has 0 fully saturated rings. The molecule has 0 aromatic heterocycles. The molecule has 1 aliphatic heterocycles. The van der Waals surface area contributed by atoms with Gasteiger partial charge in [0.05, 0.1) is 0 Å². The molecule has 0 amide bonds. The normalized spacial score (nSPS) is 22.1. The SMILES string of the molecule is CCCN1N=CN(C(Cl)(Cl)Cl)C1C(C)(C)C. The molecule has 1 unspecified atom stereocenters. The highest BCUT2D eigenvalue weighted by Crippen LogP contribution is 2.40. The Morgan fingerprint density at radius 2 is 1.81 bits per heavy atom. The molecule has 0 bridgehead atoms. The van der Waals surface area contributed by atoms with Gasteiger partial charge in [-0.15, -0.1) is 0 Å². The summed E-state index contributed by atoms with van der Waals surface area (Å²) in [5.74, 6) is 0. The molecular formula is C10H18Cl3N3. The van der Waals surface area contributed by atoms with E-state index in [2.05, 4.69) is 32.8 Å². The molecule has 0 spiro atoms. The highest BCUT2D eigenvalue weighted by molar-refractivity contribution is 6.67. The predicted octanol–water partition coefficient (Wildman–Crippen LogP) is 3.66. The second-order valence-electron chi connectivity index (χ2n) is 5.01. The van der Waals surface area contributed by atoms with E-state index in [4.69, 9.17) is 34.8 Å². The minimum Gasteiger partial charge on any atom is -0.294 e. The van der Waals surface area contributed by atoms with Crippen molar-refractivity contribution in [1.29, 1.82) is 0 Å². The van der Waals surface area contributed by atoms with Gasteiger partial charge in [0, 0.05) is 12.0 Å². The van der Waals surface area contributed by atoms with Gasteiger partial charge < -0.3 is 0 Å². The van der Waals surface area contributed by atoms with Crippen molar-refractivity contribution in [3.05, 3.63) is 0 Å². The molecule has 6 heteroatoms. The van der Waals surface area contributed by atoms with E-state index in [-0.39, 0.29) is 11.6 Å². The molecule has 16 heavy (non-hydrogen) atoms. The minimum absolute atomic E-state index is 0.0278. The van der Waals surface area contributed by atoms with Gasteiger partial charge in [-0.05, 0) is 6.42 Å². The van der Waals surface area contributed by atoms with Crippen LogP contribution in [-0.4, -0.2) is 32.9 Å². The van der Waals surface area contributed by atoms with Crippen molar-refractivity contribution in [2.24, 2.45) is 10.5 Å². The summed E-state index contributed by atoms with van der Waals surface area (Å²) in [7, 11) is 0. The van der Waals surface area contributed by atoms with Crippen molar-refractivity contribution in [3.8, 4) is 0 Å². The summed E-state index contributed by atoms with van der Waals surface area (Å²) in [4.78, 5) is 1.67. The molecule has 3 nitrogen and oxygen atoms in total. The second kappa shape index (κ2) is 4.79. The Balaban J connectivity index is 2.93. The van der Waals surface area contributed by atoms with Crippen LogP contribution in [0.15, 0.2) is 5.10 Å². The fourth-order valence-corrected chi connectivity index (χ4v) is 2.28. The number of halogens is 3. The maximum absolute atomic E-state index is 5.94. The standard InChI is InChI=1S/C10H18Cl3N3/c1-5-6-16-8(9(2,3)4)15(7-14-16)10(11,12)13/h7-8H,5-6H2,1-4H3. The van der Waals surface area contributed by atoms with E-state index in [9.17, 15) is 0 Å². The van der Waals surface area contributed by atoms with E-state index in [1.165, 1.54) is 0 Å². The summed E-state index contributed by atoms with van der Waals surface area (Å²) in [6.45, 7) is 9.29. The van der Waals surface area contributed by atoms with Gasteiger partial charge in [-0.3, -0.25) is 9.91 Å². The first-order valence-electron chi connectivity index (χ1n) is 5.34. The van der Waals surface area contributed by atoms with Crippen LogP contribution in [0.5, 0.6) is 0 Å². The van der Waals surface area contributed by atoms with Gasteiger partial charge >= 0.3 is 0 Å². The number of rotatable bonds is 2. The number of hydrogen-bond acceptors (Lipinski definition) is 3. The summed E-state index contributed by atoms with van der Waals surface area (Å²) < 4.78 is -1.45.